The zero-order valence-electron chi connectivity index (χ0n) is 35.6. The van der Waals surface area contributed by atoms with Gasteiger partial charge in [0.15, 0.2) is 0 Å². The fourth-order valence-electron chi connectivity index (χ4n) is 8.29. The third kappa shape index (κ3) is 12.1. The molecule has 0 radical (unpaired) electrons. The predicted molar refractivity (Wildman–Crippen MR) is 223 cm³/mol. The minimum Gasteiger partial charge on any atom is -0.328 e. The number of benzene rings is 2. The molecular formula is C47H79O3P. The van der Waals surface area contributed by atoms with Crippen LogP contribution in [0.15, 0.2) is 24.3 Å². The first-order valence-electron chi connectivity index (χ1n) is 20.9. The molecule has 51 heavy (non-hydrogen) atoms. The van der Waals surface area contributed by atoms with Gasteiger partial charge in [0.1, 0.15) is 5.60 Å². The lowest BCUT2D eigenvalue weighted by molar-refractivity contribution is 0.0717. The Hall–Kier alpha value is -1.25. The third-order valence-corrected chi connectivity index (χ3v) is 11.8. The summed E-state index contributed by atoms with van der Waals surface area (Å²) in [4.78, 5) is 21.8. The van der Waals surface area contributed by atoms with E-state index in [0.717, 1.165) is 25.7 Å². The van der Waals surface area contributed by atoms with E-state index in [4.69, 9.17) is 4.52 Å². The van der Waals surface area contributed by atoms with Gasteiger partial charge in [0.2, 0.25) is 0 Å². The fraction of sp³-hybridized carbons (Fsp3) is 0.745. The minimum absolute atomic E-state index is 0.0164. The van der Waals surface area contributed by atoms with Gasteiger partial charge in [-0.2, -0.15) is 0 Å². The van der Waals surface area contributed by atoms with Crippen molar-refractivity contribution in [2.75, 3.05) is 0 Å². The van der Waals surface area contributed by atoms with Crippen molar-refractivity contribution >= 4 is 8.60 Å². The van der Waals surface area contributed by atoms with Gasteiger partial charge in [0.25, 0.3) is 0 Å². The highest BCUT2D eigenvalue weighted by Gasteiger charge is 2.49. The third-order valence-electron chi connectivity index (χ3n) is 11.3. The molecule has 3 rings (SSSR count). The molecule has 4 heteroatoms. The van der Waals surface area contributed by atoms with E-state index < -0.39 is 14.2 Å². The molecule has 0 bridgehead atoms. The van der Waals surface area contributed by atoms with Crippen LogP contribution in [0.1, 0.15) is 237 Å². The summed E-state index contributed by atoms with van der Waals surface area (Å²) in [5.74, 6) is 0. The van der Waals surface area contributed by atoms with Gasteiger partial charge in [-0.15, -0.1) is 0 Å². The zero-order valence-corrected chi connectivity index (χ0v) is 36.5. The maximum Gasteiger partial charge on any atom is 0.328 e. The van der Waals surface area contributed by atoms with Crippen LogP contribution in [0.2, 0.25) is 0 Å². The number of unbranched alkanes of at least 4 members (excludes halogenated alkanes) is 14. The Kier molecular flexibility index (Phi) is 15.9. The molecule has 0 heterocycles. The van der Waals surface area contributed by atoms with E-state index in [-0.39, 0.29) is 21.7 Å². The van der Waals surface area contributed by atoms with Gasteiger partial charge < -0.3 is 9.79 Å². The summed E-state index contributed by atoms with van der Waals surface area (Å²) in [5, 5.41) is 0. The minimum atomic E-state index is -2.62. The molecule has 2 aromatic carbocycles. The van der Waals surface area contributed by atoms with Gasteiger partial charge in [-0.25, -0.2) is 0 Å². The van der Waals surface area contributed by atoms with Crippen molar-refractivity contribution in [2.24, 2.45) is 0 Å². The smallest absolute Gasteiger partial charge is 0.328 e. The molecule has 0 saturated heterocycles. The first-order chi connectivity index (χ1) is 23.6. The van der Waals surface area contributed by atoms with E-state index in [9.17, 15) is 9.79 Å². The van der Waals surface area contributed by atoms with Crippen LogP contribution < -0.4 is 0 Å². The molecule has 0 fully saturated rings. The van der Waals surface area contributed by atoms with Crippen LogP contribution in [-0.4, -0.2) is 9.79 Å². The van der Waals surface area contributed by atoms with Crippen molar-refractivity contribution in [3.8, 4) is 0 Å². The fourth-order valence-corrected chi connectivity index (χ4v) is 8.84. The van der Waals surface area contributed by atoms with Gasteiger partial charge >= 0.3 is 8.60 Å². The lowest BCUT2D eigenvalue weighted by Crippen LogP contribution is -2.41. The number of fused-ring (bicyclic) bond motifs is 2. The highest BCUT2D eigenvalue weighted by Crippen LogP contribution is 2.57. The Balaban J connectivity index is 1.97. The number of hydrogen-bond donors (Lipinski definition) is 2. The van der Waals surface area contributed by atoms with Crippen LogP contribution in [0.3, 0.4) is 0 Å². The summed E-state index contributed by atoms with van der Waals surface area (Å²) < 4.78 is 6.75. The lowest BCUT2D eigenvalue weighted by atomic mass is 9.62. The molecule has 2 aromatic rings. The summed E-state index contributed by atoms with van der Waals surface area (Å²) >= 11 is 0. The molecule has 290 valence electrons. The maximum atomic E-state index is 10.9. The first kappa shape index (κ1) is 44.1. The Morgan fingerprint density at radius 3 is 1.14 bits per heavy atom. The summed E-state index contributed by atoms with van der Waals surface area (Å²) in [6, 6.07) is 9.64. The Labute approximate surface area is 317 Å². The molecule has 2 N–H and O–H groups in total. The van der Waals surface area contributed by atoms with Crippen LogP contribution in [0.5, 0.6) is 0 Å². The van der Waals surface area contributed by atoms with Gasteiger partial charge in [0.05, 0.1) is 0 Å². The molecule has 0 aliphatic heterocycles. The van der Waals surface area contributed by atoms with Crippen LogP contribution in [0.4, 0.5) is 0 Å². The van der Waals surface area contributed by atoms with E-state index in [2.05, 4.69) is 114 Å². The Morgan fingerprint density at radius 2 is 0.843 bits per heavy atom. The molecule has 0 amide bonds. The lowest BCUT2D eigenvalue weighted by Gasteiger charge is -2.47. The second kappa shape index (κ2) is 18.4. The largest absolute Gasteiger partial charge is 0.328 e. The van der Waals surface area contributed by atoms with Crippen molar-refractivity contribution in [3.63, 3.8) is 0 Å². The topological polar surface area (TPSA) is 49.7 Å². The first-order valence-corrected chi connectivity index (χ1v) is 22.0. The molecule has 0 aromatic heterocycles. The summed E-state index contributed by atoms with van der Waals surface area (Å²) in [7, 11) is -2.62. The van der Waals surface area contributed by atoms with Crippen molar-refractivity contribution < 1.29 is 14.3 Å². The quantitative estimate of drug-likeness (QED) is 0.119. The number of rotatable bonds is 18. The molecule has 0 spiro atoms. The standard InChI is InChI=1S/C47H79O3P/c1-14-15-16-17-18-19-20-21-22-23-24-25-26-27-28-29-47(50-51(48)49)41-35(31-37(43(2,3)4)33-39(41)45(8,9)10)30-36-32-38(44(5,6)7)34-40(42(36)47)46(11,12)13/h31-34,48-49H,14-30H2,1-13H3. The van der Waals surface area contributed by atoms with Crippen LogP contribution in [0, 0.1) is 0 Å². The zero-order chi connectivity index (χ0) is 38.3. The molecule has 0 atom stereocenters. The van der Waals surface area contributed by atoms with Crippen LogP contribution >= 0.6 is 8.60 Å². The SMILES string of the molecule is CCCCCCCCCCCCCCCCCC1(OP(O)O)c2c(cc(C(C)(C)C)cc2C(C)(C)C)Cc2cc(C(C)(C)C)cc(C(C)(C)C)c21. The van der Waals surface area contributed by atoms with Crippen LogP contribution in [0.25, 0.3) is 0 Å². The highest BCUT2D eigenvalue weighted by molar-refractivity contribution is 7.39. The van der Waals surface area contributed by atoms with Gasteiger partial charge in [-0.1, -0.05) is 204 Å². The van der Waals surface area contributed by atoms with Crippen molar-refractivity contribution in [1.29, 1.82) is 0 Å². The molecule has 0 saturated carbocycles. The average molecular weight is 723 g/mol. The van der Waals surface area contributed by atoms with Crippen molar-refractivity contribution in [2.45, 2.75) is 226 Å². The van der Waals surface area contributed by atoms with E-state index >= 15 is 0 Å². The van der Waals surface area contributed by atoms with Crippen LogP contribution in [-0.2, 0) is 38.2 Å². The normalized spacial score (nSPS) is 15.0. The van der Waals surface area contributed by atoms with E-state index in [1.54, 1.807) is 0 Å². The van der Waals surface area contributed by atoms with Crippen molar-refractivity contribution in [3.05, 3.63) is 68.8 Å². The summed E-state index contributed by atoms with van der Waals surface area (Å²) in [6.07, 6.45) is 21.3. The average Bonchev–Trinajstić information content (AvgIpc) is 2.99. The van der Waals surface area contributed by atoms with Gasteiger partial charge in [-0.05, 0) is 85.4 Å². The van der Waals surface area contributed by atoms with Gasteiger partial charge in [0, 0.05) is 0 Å². The summed E-state index contributed by atoms with van der Waals surface area (Å²) in [6.45, 7) is 29.9. The molecule has 1 aliphatic carbocycles. The van der Waals surface area contributed by atoms with E-state index in [1.165, 1.54) is 128 Å². The number of hydrogen-bond acceptors (Lipinski definition) is 3. The maximum absolute atomic E-state index is 10.9. The van der Waals surface area contributed by atoms with Crippen molar-refractivity contribution in [1.82, 2.24) is 0 Å². The second-order valence-electron chi connectivity index (χ2n) is 20.2. The molecule has 1 aliphatic rings. The monoisotopic (exact) mass is 723 g/mol. The summed E-state index contributed by atoms with van der Waals surface area (Å²) in [5.41, 5.74) is 8.84. The highest BCUT2D eigenvalue weighted by atomic mass is 31.2. The molecular weight excluding hydrogens is 643 g/mol. The van der Waals surface area contributed by atoms with E-state index in [1.807, 2.05) is 0 Å². The van der Waals surface area contributed by atoms with Gasteiger partial charge in [-0.3, -0.25) is 4.52 Å². The molecule has 3 nitrogen and oxygen atoms in total. The van der Waals surface area contributed by atoms with E-state index in [0.29, 0.717) is 0 Å². The predicted octanol–water partition coefficient (Wildman–Crippen LogP) is 14.5. The molecule has 0 unspecified atom stereocenters. The Bertz CT molecular complexity index is 1300. The Morgan fingerprint density at radius 1 is 0.510 bits per heavy atom. The second-order valence-corrected chi connectivity index (χ2v) is 20.9.